The smallest absolute Gasteiger partial charge is 0.202 e. The summed E-state index contributed by atoms with van der Waals surface area (Å²) in [6, 6.07) is 6.39. The summed E-state index contributed by atoms with van der Waals surface area (Å²) in [6.45, 7) is 4.31. The minimum Gasteiger partial charge on any atom is -0.461 e. The molecule has 0 saturated carbocycles. The minimum atomic E-state index is 0.667. The number of likely N-dealkylation sites (tertiary alicyclic amines) is 1. The van der Waals surface area contributed by atoms with E-state index in [0.29, 0.717) is 11.8 Å². The van der Waals surface area contributed by atoms with Crippen LogP contribution in [0.2, 0.25) is 0 Å². The van der Waals surface area contributed by atoms with E-state index in [2.05, 4.69) is 15.4 Å². The Morgan fingerprint density at radius 1 is 1.35 bits per heavy atom. The van der Waals surface area contributed by atoms with Gasteiger partial charge in [0.05, 0.1) is 12.0 Å². The number of rotatable bonds is 3. The lowest BCUT2D eigenvalue weighted by atomic mass is 9.94. The van der Waals surface area contributed by atoms with Crippen molar-refractivity contribution in [2.45, 2.75) is 25.4 Å². The van der Waals surface area contributed by atoms with Crippen LogP contribution in [0.15, 0.2) is 33.4 Å². The van der Waals surface area contributed by atoms with Gasteiger partial charge in [0, 0.05) is 31.7 Å². The van der Waals surface area contributed by atoms with Gasteiger partial charge in [0.25, 0.3) is 0 Å². The number of piperidine rings is 1. The van der Waals surface area contributed by atoms with E-state index in [-0.39, 0.29) is 0 Å². The van der Waals surface area contributed by atoms with Crippen LogP contribution in [-0.4, -0.2) is 35.7 Å². The summed E-state index contributed by atoms with van der Waals surface area (Å²) in [6.07, 6.45) is 4.31. The molecule has 0 aliphatic carbocycles. The van der Waals surface area contributed by atoms with Crippen molar-refractivity contribution in [1.29, 1.82) is 0 Å². The fourth-order valence-corrected chi connectivity index (χ4v) is 3.42. The summed E-state index contributed by atoms with van der Waals surface area (Å²) in [5, 5.41) is 7.78. The zero-order valence-corrected chi connectivity index (χ0v) is 11.4. The molecule has 0 radical (unpaired) electrons. The molecule has 1 N–H and O–H groups in total. The topological polar surface area (TPSA) is 54.4 Å². The number of nitrogens with zero attached hydrogens (tertiary/aromatic N) is 2. The summed E-state index contributed by atoms with van der Waals surface area (Å²) >= 11 is 0. The zero-order chi connectivity index (χ0) is 13.4. The van der Waals surface area contributed by atoms with Crippen LogP contribution in [0, 0.1) is 5.92 Å². The molecule has 2 aliphatic rings. The van der Waals surface area contributed by atoms with Crippen LogP contribution in [0.4, 0.5) is 0 Å². The number of fused-ring (bicyclic) bond motifs is 1. The van der Waals surface area contributed by atoms with E-state index in [9.17, 15) is 0 Å². The molecule has 2 atom stereocenters. The second-order valence-corrected chi connectivity index (χ2v) is 5.82. The van der Waals surface area contributed by atoms with Crippen LogP contribution in [-0.2, 0) is 6.54 Å². The largest absolute Gasteiger partial charge is 0.461 e. The number of aromatic nitrogens is 1. The molecule has 2 aliphatic heterocycles. The molecule has 106 valence electrons. The first-order chi connectivity index (χ1) is 9.88. The fourth-order valence-electron chi connectivity index (χ4n) is 3.42. The Morgan fingerprint density at radius 3 is 3.20 bits per heavy atom. The number of hydrogen-bond acceptors (Lipinski definition) is 5. The fraction of sp³-hybridized carbons (Fsp3) is 0.533. The molecule has 2 aromatic rings. The Balaban J connectivity index is 1.42. The molecule has 0 aromatic carbocycles. The lowest BCUT2D eigenvalue weighted by Crippen LogP contribution is -2.40. The van der Waals surface area contributed by atoms with Gasteiger partial charge in [-0.05, 0) is 37.4 Å². The lowest BCUT2D eigenvalue weighted by Gasteiger charge is -2.24. The maximum atomic E-state index is 5.35. The average molecular weight is 273 g/mol. The predicted molar refractivity (Wildman–Crippen MR) is 74.0 cm³/mol. The first kappa shape index (κ1) is 12.2. The molecule has 5 heteroatoms. The van der Waals surface area contributed by atoms with E-state index in [1.165, 1.54) is 25.9 Å². The van der Waals surface area contributed by atoms with E-state index in [4.69, 9.17) is 8.94 Å². The normalized spacial score (nSPS) is 26.8. The van der Waals surface area contributed by atoms with Crippen LogP contribution in [0.1, 0.15) is 18.5 Å². The standard InChI is InChI=1S/C15H19N3O2/c1-3-11-8-18(10-13(11)16-5-1)9-12-7-15(20-17-12)14-4-2-6-19-14/h2,4,6-7,11,13,16H,1,3,5,8-10H2. The van der Waals surface area contributed by atoms with Crippen molar-refractivity contribution < 1.29 is 8.94 Å². The molecule has 20 heavy (non-hydrogen) atoms. The SMILES string of the molecule is c1coc(-c2cc(CN3CC4CCCNC4C3)no2)c1. The lowest BCUT2D eigenvalue weighted by molar-refractivity contribution is 0.300. The minimum absolute atomic E-state index is 0.667. The molecule has 2 aromatic heterocycles. The maximum Gasteiger partial charge on any atom is 0.202 e. The Bertz CT molecular complexity index is 549. The quantitative estimate of drug-likeness (QED) is 0.928. The average Bonchev–Trinajstić information content (AvgIpc) is 3.18. The molecule has 4 heterocycles. The molecule has 0 spiro atoms. The van der Waals surface area contributed by atoms with Crippen LogP contribution in [0.5, 0.6) is 0 Å². The van der Waals surface area contributed by atoms with Gasteiger partial charge in [-0.1, -0.05) is 5.16 Å². The van der Waals surface area contributed by atoms with Crippen LogP contribution >= 0.6 is 0 Å². The highest BCUT2D eigenvalue weighted by atomic mass is 16.5. The van der Waals surface area contributed by atoms with Gasteiger partial charge in [-0.25, -0.2) is 0 Å². The molecule has 2 fully saturated rings. The van der Waals surface area contributed by atoms with Gasteiger partial charge in [0.1, 0.15) is 0 Å². The van der Waals surface area contributed by atoms with Crippen molar-refractivity contribution in [3.63, 3.8) is 0 Å². The second-order valence-electron chi connectivity index (χ2n) is 5.82. The monoisotopic (exact) mass is 273 g/mol. The molecular weight excluding hydrogens is 254 g/mol. The molecule has 4 rings (SSSR count). The Hall–Kier alpha value is -1.59. The first-order valence-corrected chi connectivity index (χ1v) is 7.34. The highest BCUT2D eigenvalue weighted by Crippen LogP contribution is 2.27. The van der Waals surface area contributed by atoms with Crippen molar-refractivity contribution in [2.24, 2.45) is 5.92 Å². The van der Waals surface area contributed by atoms with Gasteiger partial charge in [-0.3, -0.25) is 4.90 Å². The summed E-state index contributed by atoms with van der Waals surface area (Å²) < 4.78 is 10.7. The van der Waals surface area contributed by atoms with Crippen molar-refractivity contribution in [2.75, 3.05) is 19.6 Å². The van der Waals surface area contributed by atoms with E-state index in [1.54, 1.807) is 6.26 Å². The first-order valence-electron chi connectivity index (χ1n) is 7.34. The Kier molecular flexibility index (Phi) is 3.09. The van der Waals surface area contributed by atoms with Gasteiger partial charge in [-0.2, -0.15) is 0 Å². The van der Waals surface area contributed by atoms with Gasteiger partial charge >= 0.3 is 0 Å². The Morgan fingerprint density at radius 2 is 2.35 bits per heavy atom. The van der Waals surface area contributed by atoms with Crippen molar-refractivity contribution in [1.82, 2.24) is 15.4 Å². The van der Waals surface area contributed by atoms with Gasteiger partial charge in [0.2, 0.25) is 5.76 Å². The van der Waals surface area contributed by atoms with Crippen molar-refractivity contribution >= 4 is 0 Å². The molecule has 0 bridgehead atoms. The molecule has 2 unspecified atom stereocenters. The Labute approximate surface area is 117 Å². The molecule has 2 saturated heterocycles. The molecular formula is C15H19N3O2. The summed E-state index contributed by atoms with van der Waals surface area (Å²) in [5.74, 6) is 2.25. The van der Waals surface area contributed by atoms with E-state index < -0.39 is 0 Å². The van der Waals surface area contributed by atoms with E-state index >= 15 is 0 Å². The number of nitrogens with one attached hydrogen (secondary N) is 1. The van der Waals surface area contributed by atoms with Crippen molar-refractivity contribution in [3.8, 4) is 11.5 Å². The maximum absolute atomic E-state index is 5.35. The van der Waals surface area contributed by atoms with Crippen LogP contribution in [0.3, 0.4) is 0 Å². The third-order valence-electron chi connectivity index (χ3n) is 4.38. The summed E-state index contributed by atoms with van der Waals surface area (Å²) in [5.41, 5.74) is 0.982. The molecule has 5 nitrogen and oxygen atoms in total. The summed E-state index contributed by atoms with van der Waals surface area (Å²) in [7, 11) is 0. The van der Waals surface area contributed by atoms with Gasteiger partial charge < -0.3 is 14.3 Å². The van der Waals surface area contributed by atoms with E-state index in [0.717, 1.165) is 30.5 Å². The highest BCUT2D eigenvalue weighted by molar-refractivity contribution is 5.49. The third kappa shape index (κ3) is 2.27. The third-order valence-corrected chi connectivity index (χ3v) is 4.38. The van der Waals surface area contributed by atoms with Gasteiger partial charge in [0.15, 0.2) is 5.76 Å². The predicted octanol–water partition coefficient (Wildman–Crippen LogP) is 2.12. The molecule has 0 amide bonds. The van der Waals surface area contributed by atoms with E-state index in [1.807, 2.05) is 18.2 Å². The number of furan rings is 1. The second kappa shape index (κ2) is 5.07. The van der Waals surface area contributed by atoms with Gasteiger partial charge in [-0.15, -0.1) is 0 Å². The summed E-state index contributed by atoms with van der Waals surface area (Å²) in [4.78, 5) is 2.47. The van der Waals surface area contributed by atoms with Crippen LogP contribution < -0.4 is 5.32 Å². The van der Waals surface area contributed by atoms with Crippen LogP contribution in [0.25, 0.3) is 11.5 Å². The highest BCUT2D eigenvalue weighted by Gasteiger charge is 2.34. The zero-order valence-electron chi connectivity index (χ0n) is 11.4. The number of hydrogen-bond donors (Lipinski definition) is 1. The van der Waals surface area contributed by atoms with Crippen molar-refractivity contribution in [3.05, 3.63) is 30.2 Å².